The molecule has 0 heterocycles. The molecule has 2 aromatic carbocycles. The van der Waals surface area contributed by atoms with E-state index in [9.17, 15) is 9.90 Å². The van der Waals surface area contributed by atoms with Crippen LogP contribution in [0.5, 0.6) is 5.75 Å². The van der Waals surface area contributed by atoms with Crippen molar-refractivity contribution < 1.29 is 9.90 Å². The molecule has 0 saturated heterocycles. The number of phenols is 1. The minimum Gasteiger partial charge on any atom is -0.508 e. The van der Waals surface area contributed by atoms with E-state index < -0.39 is 0 Å². The summed E-state index contributed by atoms with van der Waals surface area (Å²) in [5.74, 6) is -0.115. The van der Waals surface area contributed by atoms with Crippen molar-refractivity contribution in [3.05, 3.63) is 71.8 Å². The topological polar surface area (TPSA) is 61.4 Å². The lowest BCUT2D eigenvalue weighted by atomic mass is 10.1. The molecule has 0 fully saturated rings. The minimum atomic E-state index is -0.252. The van der Waals surface area contributed by atoms with Gasteiger partial charge in [0, 0.05) is 5.56 Å². The SMILES string of the molecule is CCC/C=C(\NNC(=O)c1ccc(O)cc1)c1ccccc1. The Morgan fingerprint density at radius 3 is 2.32 bits per heavy atom. The van der Waals surface area contributed by atoms with Gasteiger partial charge in [-0.15, -0.1) is 0 Å². The van der Waals surface area contributed by atoms with Gasteiger partial charge in [-0.3, -0.25) is 15.6 Å². The van der Waals surface area contributed by atoms with E-state index >= 15 is 0 Å². The maximum atomic E-state index is 12.1. The molecule has 22 heavy (non-hydrogen) atoms. The molecular weight excluding hydrogens is 276 g/mol. The van der Waals surface area contributed by atoms with E-state index in [4.69, 9.17) is 0 Å². The van der Waals surface area contributed by atoms with Gasteiger partial charge in [-0.05, 0) is 36.2 Å². The fraction of sp³-hybridized carbons (Fsp3) is 0.167. The number of hydrogen-bond acceptors (Lipinski definition) is 3. The van der Waals surface area contributed by atoms with Crippen LogP contribution in [0.25, 0.3) is 5.70 Å². The number of allylic oxidation sites excluding steroid dienone is 1. The summed E-state index contributed by atoms with van der Waals surface area (Å²) in [6.07, 6.45) is 4.02. The van der Waals surface area contributed by atoms with Gasteiger partial charge in [-0.1, -0.05) is 49.8 Å². The van der Waals surface area contributed by atoms with Crippen molar-refractivity contribution in [3.8, 4) is 5.75 Å². The molecule has 0 spiro atoms. The zero-order valence-electron chi connectivity index (χ0n) is 12.5. The first kappa shape index (κ1) is 15.6. The number of benzene rings is 2. The zero-order valence-corrected chi connectivity index (χ0v) is 12.5. The highest BCUT2D eigenvalue weighted by Gasteiger charge is 2.06. The normalized spacial score (nSPS) is 11.0. The van der Waals surface area contributed by atoms with Crippen LogP contribution in [0.2, 0.25) is 0 Å². The Hall–Kier alpha value is -2.75. The molecule has 4 nitrogen and oxygen atoms in total. The maximum absolute atomic E-state index is 12.1. The summed E-state index contributed by atoms with van der Waals surface area (Å²) >= 11 is 0. The number of unbranched alkanes of at least 4 members (excludes halogenated alkanes) is 1. The van der Waals surface area contributed by atoms with Crippen molar-refractivity contribution in [3.63, 3.8) is 0 Å². The fourth-order valence-electron chi connectivity index (χ4n) is 1.96. The number of hydrogen-bond donors (Lipinski definition) is 3. The van der Waals surface area contributed by atoms with E-state index in [-0.39, 0.29) is 11.7 Å². The van der Waals surface area contributed by atoms with Crippen LogP contribution >= 0.6 is 0 Å². The van der Waals surface area contributed by atoms with Crippen molar-refractivity contribution in [2.24, 2.45) is 0 Å². The fourth-order valence-corrected chi connectivity index (χ4v) is 1.96. The predicted molar refractivity (Wildman–Crippen MR) is 88.0 cm³/mol. The molecule has 0 radical (unpaired) electrons. The molecule has 0 aliphatic carbocycles. The number of amides is 1. The van der Waals surface area contributed by atoms with Crippen molar-refractivity contribution in [1.82, 2.24) is 10.9 Å². The first-order valence-electron chi connectivity index (χ1n) is 7.31. The van der Waals surface area contributed by atoms with Crippen LogP contribution in [0.15, 0.2) is 60.7 Å². The van der Waals surface area contributed by atoms with Crippen LogP contribution in [0.4, 0.5) is 0 Å². The lowest BCUT2D eigenvalue weighted by molar-refractivity contribution is 0.0942. The average Bonchev–Trinajstić information content (AvgIpc) is 2.56. The van der Waals surface area contributed by atoms with E-state index in [1.807, 2.05) is 30.3 Å². The average molecular weight is 296 g/mol. The number of phenolic OH excluding ortho intramolecular Hbond substituents is 1. The highest BCUT2D eigenvalue weighted by atomic mass is 16.3. The Kier molecular flexibility index (Phi) is 5.60. The molecule has 1 amide bonds. The van der Waals surface area contributed by atoms with Crippen LogP contribution in [0.1, 0.15) is 35.7 Å². The summed E-state index contributed by atoms with van der Waals surface area (Å²) in [4.78, 5) is 12.1. The summed E-state index contributed by atoms with van der Waals surface area (Å²) in [6.45, 7) is 2.11. The molecule has 0 bridgehead atoms. The monoisotopic (exact) mass is 296 g/mol. The summed E-state index contributed by atoms with van der Waals surface area (Å²) in [7, 11) is 0. The van der Waals surface area contributed by atoms with Crippen LogP contribution in [0.3, 0.4) is 0 Å². The van der Waals surface area contributed by atoms with Crippen molar-refractivity contribution >= 4 is 11.6 Å². The van der Waals surface area contributed by atoms with Gasteiger partial charge < -0.3 is 5.11 Å². The molecule has 0 unspecified atom stereocenters. The van der Waals surface area contributed by atoms with Crippen LogP contribution in [-0.2, 0) is 0 Å². The van der Waals surface area contributed by atoms with Gasteiger partial charge in [0.2, 0.25) is 0 Å². The summed E-state index contributed by atoms with van der Waals surface area (Å²) in [5, 5.41) is 9.25. The Bertz CT molecular complexity index is 634. The second kappa shape index (κ2) is 7.88. The second-order valence-electron chi connectivity index (χ2n) is 4.90. The molecular formula is C18H20N2O2. The number of carbonyl (C=O) groups is 1. The molecule has 0 atom stereocenters. The highest BCUT2D eigenvalue weighted by Crippen LogP contribution is 2.12. The Labute approximate surface area is 130 Å². The standard InChI is InChI=1S/C18H20N2O2/c1-2-3-9-17(14-7-5-4-6-8-14)19-20-18(22)15-10-12-16(21)13-11-15/h4-13,19,21H,2-3H2,1H3,(H,20,22)/b17-9-. The molecule has 0 aliphatic heterocycles. The molecule has 2 aromatic rings. The quantitative estimate of drug-likeness (QED) is 0.715. The Morgan fingerprint density at radius 2 is 1.68 bits per heavy atom. The van der Waals surface area contributed by atoms with Gasteiger partial charge in [0.05, 0.1) is 5.70 Å². The van der Waals surface area contributed by atoms with Gasteiger partial charge in [0.1, 0.15) is 5.75 Å². The Morgan fingerprint density at radius 1 is 1.00 bits per heavy atom. The van der Waals surface area contributed by atoms with E-state index in [0.717, 1.165) is 24.1 Å². The van der Waals surface area contributed by atoms with Crippen molar-refractivity contribution in [2.75, 3.05) is 0 Å². The maximum Gasteiger partial charge on any atom is 0.269 e. The van der Waals surface area contributed by atoms with Crippen LogP contribution in [0, 0.1) is 0 Å². The first-order chi connectivity index (χ1) is 10.7. The molecule has 4 heteroatoms. The van der Waals surface area contributed by atoms with Gasteiger partial charge in [0.15, 0.2) is 0 Å². The van der Waals surface area contributed by atoms with Crippen LogP contribution in [-0.4, -0.2) is 11.0 Å². The lowest BCUT2D eigenvalue weighted by Gasteiger charge is -2.13. The predicted octanol–water partition coefficient (Wildman–Crippen LogP) is 3.47. The zero-order chi connectivity index (χ0) is 15.8. The Balaban J connectivity index is 2.05. The largest absolute Gasteiger partial charge is 0.508 e. The van der Waals surface area contributed by atoms with Gasteiger partial charge in [0.25, 0.3) is 5.91 Å². The number of carbonyl (C=O) groups excluding carboxylic acids is 1. The minimum absolute atomic E-state index is 0.136. The second-order valence-corrected chi connectivity index (χ2v) is 4.90. The number of hydrazine groups is 1. The molecule has 114 valence electrons. The summed E-state index contributed by atoms with van der Waals surface area (Å²) < 4.78 is 0. The summed E-state index contributed by atoms with van der Waals surface area (Å²) in [5.41, 5.74) is 8.04. The smallest absolute Gasteiger partial charge is 0.269 e. The van der Waals surface area contributed by atoms with Crippen molar-refractivity contribution in [2.45, 2.75) is 19.8 Å². The lowest BCUT2D eigenvalue weighted by Crippen LogP contribution is -2.36. The van der Waals surface area contributed by atoms with Crippen LogP contribution < -0.4 is 10.9 Å². The van der Waals surface area contributed by atoms with Gasteiger partial charge >= 0.3 is 0 Å². The number of aromatic hydroxyl groups is 1. The molecule has 3 N–H and O–H groups in total. The van der Waals surface area contributed by atoms with E-state index in [2.05, 4.69) is 23.9 Å². The van der Waals surface area contributed by atoms with E-state index in [1.54, 1.807) is 12.1 Å². The van der Waals surface area contributed by atoms with Gasteiger partial charge in [-0.2, -0.15) is 0 Å². The van der Waals surface area contributed by atoms with Gasteiger partial charge in [-0.25, -0.2) is 0 Å². The molecule has 0 aromatic heterocycles. The number of rotatable bonds is 6. The highest BCUT2D eigenvalue weighted by molar-refractivity contribution is 5.94. The molecule has 0 aliphatic rings. The first-order valence-corrected chi connectivity index (χ1v) is 7.31. The van der Waals surface area contributed by atoms with E-state index in [1.165, 1.54) is 12.1 Å². The van der Waals surface area contributed by atoms with Crippen molar-refractivity contribution in [1.29, 1.82) is 0 Å². The third-order valence-electron chi connectivity index (χ3n) is 3.16. The summed E-state index contributed by atoms with van der Waals surface area (Å²) in [6, 6.07) is 16.0. The number of nitrogens with one attached hydrogen (secondary N) is 2. The molecule has 0 saturated carbocycles. The third kappa shape index (κ3) is 4.38. The van der Waals surface area contributed by atoms with E-state index in [0.29, 0.717) is 5.56 Å². The third-order valence-corrected chi connectivity index (χ3v) is 3.16. The molecule has 2 rings (SSSR count).